The molecule has 0 spiro atoms. The zero-order valence-electron chi connectivity index (χ0n) is 12.4. The summed E-state index contributed by atoms with van der Waals surface area (Å²) in [6.45, 7) is 5.43. The van der Waals surface area contributed by atoms with Crippen LogP contribution in [0, 0.1) is 0 Å². The van der Waals surface area contributed by atoms with Gasteiger partial charge in [-0.2, -0.15) is 0 Å². The van der Waals surface area contributed by atoms with E-state index in [-0.39, 0.29) is 0 Å². The lowest BCUT2D eigenvalue weighted by Crippen LogP contribution is -2.28. The first-order valence-corrected chi connectivity index (χ1v) is 7.54. The van der Waals surface area contributed by atoms with Gasteiger partial charge < -0.3 is 9.64 Å². The quantitative estimate of drug-likeness (QED) is 0.785. The van der Waals surface area contributed by atoms with E-state index >= 15 is 0 Å². The standard InChI is InChI=1S/C16H23N3O/c1-13-7-5-10-19(13)11-6-12-20-16-14-8-3-4-9-15(14)18(2)17-16/h3-4,8-9,13H,5-7,10-12H2,1-2H3/t13-/m0/s1. The molecule has 4 nitrogen and oxygen atoms in total. The first-order chi connectivity index (χ1) is 9.75. The van der Waals surface area contributed by atoms with Gasteiger partial charge in [0.05, 0.1) is 17.5 Å². The lowest BCUT2D eigenvalue weighted by atomic mass is 10.2. The molecule has 0 radical (unpaired) electrons. The van der Waals surface area contributed by atoms with Crippen molar-refractivity contribution in [3.05, 3.63) is 24.3 Å². The SMILES string of the molecule is C[C@H]1CCCN1CCCOc1nn(C)c2ccccc12. The Hall–Kier alpha value is -1.55. The van der Waals surface area contributed by atoms with Crippen molar-refractivity contribution in [2.75, 3.05) is 19.7 Å². The fourth-order valence-corrected chi connectivity index (χ4v) is 3.05. The van der Waals surface area contributed by atoms with Crippen LogP contribution in [0.5, 0.6) is 5.88 Å². The lowest BCUT2D eigenvalue weighted by Gasteiger charge is -2.20. The lowest BCUT2D eigenvalue weighted by molar-refractivity contribution is 0.227. The molecule has 0 unspecified atom stereocenters. The summed E-state index contributed by atoms with van der Waals surface area (Å²) in [5.74, 6) is 0.762. The average molecular weight is 273 g/mol. The van der Waals surface area contributed by atoms with Crippen LogP contribution in [-0.2, 0) is 7.05 Å². The fraction of sp³-hybridized carbons (Fsp3) is 0.562. The van der Waals surface area contributed by atoms with Crippen LogP contribution in [-0.4, -0.2) is 40.4 Å². The van der Waals surface area contributed by atoms with Gasteiger partial charge in [-0.3, -0.25) is 4.68 Å². The number of hydrogen-bond donors (Lipinski definition) is 0. The van der Waals surface area contributed by atoms with E-state index in [1.54, 1.807) is 0 Å². The number of nitrogens with zero attached hydrogens (tertiary/aromatic N) is 3. The van der Waals surface area contributed by atoms with Crippen molar-refractivity contribution in [2.24, 2.45) is 7.05 Å². The van der Waals surface area contributed by atoms with Crippen LogP contribution in [0.1, 0.15) is 26.2 Å². The smallest absolute Gasteiger partial charge is 0.240 e. The van der Waals surface area contributed by atoms with Gasteiger partial charge in [-0.15, -0.1) is 5.10 Å². The van der Waals surface area contributed by atoms with E-state index in [0.717, 1.165) is 42.4 Å². The third-order valence-electron chi connectivity index (χ3n) is 4.24. The highest BCUT2D eigenvalue weighted by Gasteiger charge is 2.19. The highest BCUT2D eigenvalue weighted by Crippen LogP contribution is 2.24. The summed E-state index contributed by atoms with van der Waals surface area (Å²) in [6.07, 6.45) is 3.74. The van der Waals surface area contributed by atoms with Crippen molar-refractivity contribution >= 4 is 10.9 Å². The van der Waals surface area contributed by atoms with E-state index < -0.39 is 0 Å². The molecule has 1 aliphatic rings. The number of hydrogen-bond acceptors (Lipinski definition) is 3. The second-order valence-corrected chi connectivity index (χ2v) is 5.68. The minimum atomic E-state index is 0.740. The third kappa shape index (κ3) is 2.66. The second kappa shape index (κ2) is 5.83. The zero-order chi connectivity index (χ0) is 13.9. The van der Waals surface area contributed by atoms with Gasteiger partial charge in [0.15, 0.2) is 0 Å². The van der Waals surface area contributed by atoms with Gasteiger partial charge in [0.1, 0.15) is 0 Å². The van der Waals surface area contributed by atoms with E-state index in [9.17, 15) is 0 Å². The molecule has 2 heterocycles. The normalized spacial score (nSPS) is 19.8. The van der Waals surface area contributed by atoms with Gasteiger partial charge in [0.25, 0.3) is 0 Å². The van der Waals surface area contributed by atoms with Gasteiger partial charge in [-0.25, -0.2) is 0 Å². The van der Waals surface area contributed by atoms with Crippen molar-refractivity contribution in [3.63, 3.8) is 0 Å². The molecule has 1 saturated heterocycles. The Morgan fingerprint density at radius 2 is 2.20 bits per heavy atom. The molecule has 3 rings (SSSR count). The van der Waals surface area contributed by atoms with E-state index in [4.69, 9.17) is 4.74 Å². The Morgan fingerprint density at radius 1 is 1.35 bits per heavy atom. The Labute approximate surface area is 120 Å². The molecule has 1 atom stereocenters. The second-order valence-electron chi connectivity index (χ2n) is 5.68. The molecule has 0 bridgehead atoms. The fourth-order valence-electron chi connectivity index (χ4n) is 3.05. The summed E-state index contributed by atoms with van der Waals surface area (Å²) < 4.78 is 7.76. The van der Waals surface area contributed by atoms with Gasteiger partial charge >= 0.3 is 0 Å². The Morgan fingerprint density at radius 3 is 3.00 bits per heavy atom. The maximum Gasteiger partial charge on any atom is 0.240 e. The first kappa shape index (κ1) is 13.4. The molecule has 0 N–H and O–H groups in total. The third-order valence-corrected chi connectivity index (χ3v) is 4.24. The van der Waals surface area contributed by atoms with Crippen LogP contribution in [0.2, 0.25) is 0 Å². The van der Waals surface area contributed by atoms with Crippen LogP contribution in [0.25, 0.3) is 10.9 Å². The molecule has 1 aromatic heterocycles. The molecule has 1 fully saturated rings. The number of likely N-dealkylation sites (tertiary alicyclic amines) is 1. The number of aryl methyl sites for hydroxylation is 1. The summed E-state index contributed by atoms with van der Waals surface area (Å²) >= 11 is 0. The summed E-state index contributed by atoms with van der Waals surface area (Å²) in [4.78, 5) is 2.56. The number of benzene rings is 1. The number of aromatic nitrogens is 2. The van der Waals surface area contributed by atoms with E-state index in [2.05, 4.69) is 29.1 Å². The monoisotopic (exact) mass is 273 g/mol. The minimum absolute atomic E-state index is 0.740. The molecule has 0 amide bonds. The van der Waals surface area contributed by atoms with E-state index in [1.165, 1.54) is 19.4 Å². The van der Waals surface area contributed by atoms with E-state index in [0.29, 0.717) is 0 Å². The van der Waals surface area contributed by atoms with Crippen LogP contribution < -0.4 is 4.74 Å². The van der Waals surface area contributed by atoms with E-state index in [1.807, 2.05) is 23.9 Å². The summed E-state index contributed by atoms with van der Waals surface area (Å²) in [6, 6.07) is 8.94. The number of fused-ring (bicyclic) bond motifs is 1. The zero-order valence-corrected chi connectivity index (χ0v) is 12.4. The highest BCUT2D eigenvalue weighted by molar-refractivity contribution is 5.84. The van der Waals surface area contributed by atoms with Gasteiger partial charge in [0.2, 0.25) is 5.88 Å². The molecule has 20 heavy (non-hydrogen) atoms. The predicted molar refractivity (Wildman–Crippen MR) is 81.1 cm³/mol. The molecular formula is C16H23N3O. The van der Waals surface area contributed by atoms with Gasteiger partial charge in [-0.1, -0.05) is 12.1 Å². The van der Waals surface area contributed by atoms with Crippen LogP contribution in [0.4, 0.5) is 0 Å². The molecular weight excluding hydrogens is 250 g/mol. The molecule has 0 saturated carbocycles. The molecule has 2 aromatic rings. The summed E-state index contributed by atoms with van der Waals surface area (Å²) in [7, 11) is 1.96. The Balaban J connectivity index is 1.55. The van der Waals surface area contributed by atoms with Crippen LogP contribution in [0.15, 0.2) is 24.3 Å². The maximum atomic E-state index is 5.88. The number of rotatable bonds is 5. The van der Waals surface area contributed by atoms with Crippen molar-refractivity contribution in [1.82, 2.24) is 14.7 Å². The van der Waals surface area contributed by atoms with Crippen molar-refractivity contribution in [1.29, 1.82) is 0 Å². The molecule has 4 heteroatoms. The topological polar surface area (TPSA) is 30.3 Å². The van der Waals surface area contributed by atoms with Crippen LogP contribution >= 0.6 is 0 Å². The van der Waals surface area contributed by atoms with Crippen molar-refractivity contribution < 1.29 is 4.74 Å². The largest absolute Gasteiger partial charge is 0.476 e. The highest BCUT2D eigenvalue weighted by atomic mass is 16.5. The Bertz CT molecular complexity index is 578. The first-order valence-electron chi connectivity index (χ1n) is 7.54. The maximum absolute atomic E-state index is 5.88. The number of para-hydroxylation sites is 1. The molecule has 1 aliphatic heterocycles. The molecule has 0 aliphatic carbocycles. The molecule has 1 aromatic carbocycles. The Kier molecular flexibility index (Phi) is 3.92. The van der Waals surface area contributed by atoms with Crippen LogP contribution in [0.3, 0.4) is 0 Å². The van der Waals surface area contributed by atoms with Gasteiger partial charge in [0, 0.05) is 19.6 Å². The van der Waals surface area contributed by atoms with Gasteiger partial charge in [-0.05, 0) is 44.9 Å². The van der Waals surface area contributed by atoms with Crippen molar-refractivity contribution in [2.45, 2.75) is 32.2 Å². The summed E-state index contributed by atoms with van der Waals surface area (Å²) in [5.41, 5.74) is 1.12. The number of ether oxygens (including phenoxy) is 1. The summed E-state index contributed by atoms with van der Waals surface area (Å²) in [5, 5.41) is 5.56. The van der Waals surface area contributed by atoms with Crippen molar-refractivity contribution in [3.8, 4) is 5.88 Å². The predicted octanol–water partition coefficient (Wildman–Crippen LogP) is 2.83. The molecule has 108 valence electrons. The minimum Gasteiger partial charge on any atom is -0.476 e. The average Bonchev–Trinajstić information content (AvgIpc) is 3.00.